The summed E-state index contributed by atoms with van der Waals surface area (Å²) in [5, 5.41) is 2.62. The summed E-state index contributed by atoms with van der Waals surface area (Å²) in [6.45, 7) is 8.62. The molecule has 0 aliphatic rings. The van der Waals surface area contributed by atoms with E-state index in [-0.39, 0.29) is 17.8 Å². The Morgan fingerprint density at radius 1 is 1.17 bits per heavy atom. The standard InChI is InChI=1S/C18H25NO5/c1-10(2)15-8-14(24-13(5)21)7-11(3)16(15)9-17(18(22)23-6)19-12(4)20/h7-8,10,17H,9H2,1-6H3,(H,19,20)/t17-/m0/s1. The van der Waals surface area contributed by atoms with Gasteiger partial charge in [0.25, 0.3) is 0 Å². The van der Waals surface area contributed by atoms with E-state index in [2.05, 4.69) is 5.32 Å². The molecule has 6 heteroatoms. The summed E-state index contributed by atoms with van der Waals surface area (Å²) in [5.74, 6) is -0.553. The summed E-state index contributed by atoms with van der Waals surface area (Å²) >= 11 is 0. The first-order valence-corrected chi connectivity index (χ1v) is 7.82. The monoisotopic (exact) mass is 335 g/mol. The van der Waals surface area contributed by atoms with Crippen LogP contribution in [0.15, 0.2) is 12.1 Å². The van der Waals surface area contributed by atoms with E-state index in [4.69, 9.17) is 9.47 Å². The Morgan fingerprint density at radius 3 is 2.25 bits per heavy atom. The van der Waals surface area contributed by atoms with Gasteiger partial charge in [-0.1, -0.05) is 13.8 Å². The summed E-state index contributed by atoms with van der Waals surface area (Å²) in [4.78, 5) is 34.5. The van der Waals surface area contributed by atoms with Crippen LogP contribution < -0.4 is 10.1 Å². The number of rotatable bonds is 6. The minimum absolute atomic E-state index is 0.157. The van der Waals surface area contributed by atoms with Crippen LogP contribution in [0.2, 0.25) is 0 Å². The molecule has 1 atom stereocenters. The third-order valence-corrected chi connectivity index (χ3v) is 3.64. The molecule has 0 aliphatic heterocycles. The van der Waals surface area contributed by atoms with Crippen molar-refractivity contribution < 1.29 is 23.9 Å². The van der Waals surface area contributed by atoms with Gasteiger partial charge in [0, 0.05) is 20.3 Å². The lowest BCUT2D eigenvalue weighted by Crippen LogP contribution is -2.42. The van der Waals surface area contributed by atoms with Crippen molar-refractivity contribution >= 4 is 17.8 Å². The molecule has 0 aliphatic carbocycles. The van der Waals surface area contributed by atoms with Crippen LogP contribution in [-0.2, 0) is 25.5 Å². The predicted octanol–water partition coefficient (Wildman–Crippen LogP) is 2.26. The summed E-state index contributed by atoms with van der Waals surface area (Å²) in [6, 6.07) is 2.80. The maximum absolute atomic E-state index is 12.0. The molecule has 1 rings (SSSR count). The molecule has 1 aromatic rings. The summed E-state index contributed by atoms with van der Waals surface area (Å²) < 4.78 is 9.96. The van der Waals surface area contributed by atoms with Crippen molar-refractivity contribution in [1.82, 2.24) is 5.32 Å². The molecule has 1 amide bonds. The highest BCUT2D eigenvalue weighted by Gasteiger charge is 2.24. The second-order valence-electron chi connectivity index (χ2n) is 6.04. The average Bonchev–Trinajstić information content (AvgIpc) is 2.46. The van der Waals surface area contributed by atoms with Crippen molar-refractivity contribution in [3.63, 3.8) is 0 Å². The third kappa shape index (κ3) is 5.37. The third-order valence-electron chi connectivity index (χ3n) is 3.64. The van der Waals surface area contributed by atoms with E-state index in [1.165, 1.54) is 21.0 Å². The normalized spacial score (nSPS) is 11.8. The number of amides is 1. The smallest absolute Gasteiger partial charge is 0.328 e. The number of aryl methyl sites for hydroxylation is 1. The lowest BCUT2D eigenvalue weighted by molar-refractivity contribution is -0.144. The van der Waals surface area contributed by atoms with Gasteiger partial charge in [-0.3, -0.25) is 9.59 Å². The van der Waals surface area contributed by atoms with Crippen molar-refractivity contribution in [3.05, 3.63) is 28.8 Å². The number of hydrogen-bond donors (Lipinski definition) is 1. The molecule has 132 valence electrons. The molecule has 0 aromatic heterocycles. The largest absolute Gasteiger partial charge is 0.467 e. The zero-order valence-electron chi connectivity index (χ0n) is 15.1. The van der Waals surface area contributed by atoms with E-state index >= 15 is 0 Å². The lowest BCUT2D eigenvalue weighted by Gasteiger charge is -2.21. The molecule has 0 saturated carbocycles. The first-order valence-electron chi connectivity index (χ1n) is 7.82. The number of ether oxygens (including phenoxy) is 2. The van der Waals surface area contributed by atoms with Gasteiger partial charge in [-0.05, 0) is 41.7 Å². The van der Waals surface area contributed by atoms with Crippen LogP contribution in [0.1, 0.15) is 50.3 Å². The van der Waals surface area contributed by atoms with Crippen molar-refractivity contribution in [1.29, 1.82) is 0 Å². The lowest BCUT2D eigenvalue weighted by atomic mass is 9.89. The molecule has 0 fully saturated rings. The zero-order valence-corrected chi connectivity index (χ0v) is 15.1. The Labute approximate surface area is 142 Å². The summed E-state index contributed by atoms with van der Waals surface area (Å²) in [6.07, 6.45) is 0.311. The van der Waals surface area contributed by atoms with Crippen molar-refractivity contribution in [2.75, 3.05) is 7.11 Å². The summed E-state index contributed by atoms with van der Waals surface area (Å²) in [5.41, 5.74) is 2.78. The molecule has 24 heavy (non-hydrogen) atoms. The average molecular weight is 335 g/mol. The van der Waals surface area contributed by atoms with Gasteiger partial charge in [0.15, 0.2) is 0 Å². The van der Waals surface area contributed by atoms with Crippen LogP contribution in [0.5, 0.6) is 5.75 Å². The minimum Gasteiger partial charge on any atom is -0.467 e. The Kier molecular flexibility index (Phi) is 6.95. The molecule has 0 unspecified atom stereocenters. The Hall–Kier alpha value is -2.37. The first kappa shape index (κ1) is 19.7. The van der Waals surface area contributed by atoms with Gasteiger partial charge < -0.3 is 14.8 Å². The SMILES string of the molecule is COC(=O)[C@H](Cc1c(C)cc(OC(C)=O)cc1C(C)C)NC(C)=O. The van der Waals surface area contributed by atoms with Crippen LogP contribution >= 0.6 is 0 Å². The van der Waals surface area contributed by atoms with Crippen molar-refractivity contribution in [2.45, 2.75) is 53.0 Å². The number of carbonyl (C=O) groups excluding carboxylic acids is 3. The first-order chi connectivity index (χ1) is 11.1. The Morgan fingerprint density at radius 2 is 1.79 bits per heavy atom. The molecular weight excluding hydrogens is 310 g/mol. The molecule has 0 spiro atoms. The molecule has 0 heterocycles. The molecule has 6 nitrogen and oxygen atoms in total. The molecule has 0 radical (unpaired) electrons. The van der Waals surface area contributed by atoms with Gasteiger partial charge >= 0.3 is 11.9 Å². The summed E-state index contributed by atoms with van der Waals surface area (Å²) in [7, 11) is 1.29. The maximum Gasteiger partial charge on any atom is 0.328 e. The van der Waals surface area contributed by atoms with Crippen molar-refractivity contribution in [2.24, 2.45) is 0 Å². The van der Waals surface area contributed by atoms with Crippen molar-refractivity contribution in [3.8, 4) is 5.75 Å². The number of esters is 2. The van der Waals surface area contributed by atoms with Crippen LogP contribution in [0.3, 0.4) is 0 Å². The van der Waals surface area contributed by atoms with Gasteiger partial charge in [-0.2, -0.15) is 0 Å². The molecule has 1 aromatic carbocycles. The van der Waals surface area contributed by atoms with Crippen LogP contribution in [0.4, 0.5) is 0 Å². The van der Waals surface area contributed by atoms with E-state index in [1.807, 2.05) is 20.8 Å². The fourth-order valence-electron chi connectivity index (χ4n) is 2.61. The zero-order chi connectivity index (χ0) is 18.4. The fraction of sp³-hybridized carbons (Fsp3) is 0.500. The van der Waals surface area contributed by atoms with Gasteiger partial charge in [0.05, 0.1) is 7.11 Å². The topological polar surface area (TPSA) is 81.7 Å². The number of carbonyl (C=O) groups is 3. The highest BCUT2D eigenvalue weighted by atomic mass is 16.5. The number of nitrogens with one attached hydrogen (secondary N) is 1. The number of benzene rings is 1. The fourth-order valence-corrected chi connectivity index (χ4v) is 2.61. The number of methoxy groups -OCH3 is 1. The van der Waals surface area contributed by atoms with Crippen LogP contribution in [-0.4, -0.2) is 31.0 Å². The predicted molar refractivity (Wildman–Crippen MR) is 89.9 cm³/mol. The minimum atomic E-state index is -0.761. The quantitative estimate of drug-likeness (QED) is 0.637. The van der Waals surface area contributed by atoms with Gasteiger partial charge in [-0.25, -0.2) is 4.79 Å². The highest BCUT2D eigenvalue weighted by Crippen LogP contribution is 2.29. The van der Waals surface area contributed by atoms with Crippen LogP contribution in [0.25, 0.3) is 0 Å². The molecule has 0 bridgehead atoms. The molecule has 1 N–H and O–H groups in total. The van der Waals surface area contributed by atoms with Gasteiger partial charge in [0.2, 0.25) is 5.91 Å². The van der Waals surface area contributed by atoms with Crippen LogP contribution in [0, 0.1) is 6.92 Å². The van der Waals surface area contributed by atoms with E-state index < -0.39 is 12.0 Å². The second kappa shape index (κ2) is 8.47. The number of hydrogen-bond acceptors (Lipinski definition) is 5. The Bertz CT molecular complexity index is 637. The Balaban J connectivity index is 3.27. The molecular formula is C18H25NO5. The maximum atomic E-state index is 12.0. The van der Waals surface area contributed by atoms with E-state index in [0.717, 1.165) is 16.7 Å². The van der Waals surface area contributed by atoms with E-state index in [1.54, 1.807) is 12.1 Å². The second-order valence-corrected chi connectivity index (χ2v) is 6.04. The molecule has 0 saturated heterocycles. The van der Waals surface area contributed by atoms with Gasteiger partial charge in [0.1, 0.15) is 11.8 Å². The highest BCUT2D eigenvalue weighted by molar-refractivity contribution is 5.83. The van der Waals surface area contributed by atoms with Gasteiger partial charge in [-0.15, -0.1) is 0 Å². The van der Waals surface area contributed by atoms with E-state index in [0.29, 0.717) is 12.2 Å². The van der Waals surface area contributed by atoms with E-state index in [9.17, 15) is 14.4 Å².